The lowest BCUT2D eigenvalue weighted by atomic mass is 9.96. The van der Waals surface area contributed by atoms with Crippen molar-refractivity contribution in [3.8, 4) is 0 Å². The van der Waals surface area contributed by atoms with Gasteiger partial charge >= 0.3 is 0 Å². The second kappa shape index (κ2) is 17.6. The van der Waals surface area contributed by atoms with Crippen molar-refractivity contribution in [2.24, 2.45) is 21.6 Å². The predicted octanol–water partition coefficient (Wildman–Crippen LogP) is 2.63. The van der Waals surface area contributed by atoms with E-state index >= 15 is 0 Å². The van der Waals surface area contributed by atoms with E-state index in [9.17, 15) is 0 Å². The number of guanidine groups is 1. The fraction of sp³-hybridized carbons (Fsp3) is 0.444. The topological polar surface area (TPSA) is 173 Å². The maximum atomic E-state index is 6.27. The minimum absolute atomic E-state index is 0. The molecule has 220 valence electrons. The van der Waals surface area contributed by atoms with Crippen molar-refractivity contribution in [2.75, 3.05) is 19.6 Å². The zero-order chi connectivity index (χ0) is 22.8. The maximum Gasteiger partial charge on any atom is 0.223 e. The Hall–Kier alpha value is -2.08. The molecule has 1 unspecified atom stereocenters. The predicted molar refractivity (Wildman–Crippen MR) is 169 cm³/mol. The molecular weight excluding hydrogens is 563 g/mol. The largest absolute Gasteiger partial charge is 0.412 e. The van der Waals surface area contributed by atoms with Crippen LogP contribution in [0, 0.1) is 5.92 Å². The van der Waals surface area contributed by atoms with Gasteiger partial charge in [0.25, 0.3) is 0 Å². The molecule has 3 aliphatic rings. The van der Waals surface area contributed by atoms with Gasteiger partial charge in [-0.3, -0.25) is 4.98 Å². The molecule has 1 saturated heterocycles. The summed E-state index contributed by atoms with van der Waals surface area (Å²) in [7, 11) is 0. The zero-order valence-electron chi connectivity index (χ0n) is 22.4. The Kier molecular flexibility index (Phi) is 17.6. The molecule has 9 nitrogen and oxygen atoms in total. The van der Waals surface area contributed by atoms with Crippen LogP contribution in [-0.4, -0.2) is 69.7 Å². The summed E-state index contributed by atoms with van der Waals surface area (Å²) in [5, 5.41) is 5.97. The van der Waals surface area contributed by atoms with Gasteiger partial charge in [-0.05, 0) is 35.8 Å². The van der Waals surface area contributed by atoms with Crippen LogP contribution in [0.5, 0.6) is 0 Å². The molecule has 12 heteroatoms. The number of fused-ring (bicyclic) bond motifs is 2. The first kappa shape index (κ1) is 39.1. The normalized spacial score (nSPS) is 18.3. The van der Waals surface area contributed by atoms with Gasteiger partial charge in [0.15, 0.2) is 0 Å². The number of benzene rings is 1. The van der Waals surface area contributed by atoms with Crippen molar-refractivity contribution in [1.29, 1.82) is 0 Å². The monoisotopic (exact) mass is 604 g/mol. The smallest absolute Gasteiger partial charge is 0.223 e. The first-order valence-corrected chi connectivity index (χ1v) is 12.2. The number of allylic oxidation sites excluding steroid dienone is 4. The molecule has 1 aromatic carbocycles. The number of likely N-dealkylation sites (tertiary alicyclic amines) is 1. The van der Waals surface area contributed by atoms with Gasteiger partial charge in [0.1, 0.15) is 0 Å². The summed E-state index contributed by atoms with van der Waals surface area (Å²) in [6.45, 7) is 7.48. The highest BCUT2D eigenvalue weighted by atomic mass is 35.5. The first-order valence-electron chi connectivity index (χ1n) is 12.2. The van der Waals surface area contributed by atoms with Crippen molar-refractivity contribution >= 4 is 59.7 Å². The Bertz CT molecular complexity index is 1160. The quantitative estimate of drug-likeness (QED) is 0.515. The molecule has 3 heterocycles. The summed E-state index contributed by atoms with van der Waals surface area (Å²) in [6, 6.07) is 11.1. The molecule has 0 spiro atoms. The van der Waals surface area contributed by atoms with Crippen LogP contribution in [-0.2, 0) is 6.42 Å². The van der Waals surface area contributed by atoms with Crippen molar-refractivity contribution in [3.05, 3.63) is 65.6 Å². The third-order valence-electron chi connectivity index (χ3n) is 7.02. The van der Waals surface area contributed by atoms with Gasteiger partial charge in [-0.1, -0.05) is 50.3 Å². The summed E-state index contributed by atoms with van der Waals surface area (Å²) >= 11 is 0. The molecular formula is C27H43Cl3N6O3. The highest BCUT2D eigenvalue weighted by Crippen LogP contribution is 2.26. The Morgan fingerprint density at radius 3 is 2.44 bits per heavy atom. The average molecular weight is 606 g/mol. The van der Waals surface area contributed by atoms with Gasteiger partial charge in [0.05, 0.1) is 23.1 Å². The number of hydrogen-bond acceptors (Lipinski definition) is 4. The highest BCUT2D eigenvalue weighted by Gasteiger charge is 2.26. The molecule has 0 amide bonds. The Balaban J connectivity index is 0. The molecule has 1 aromatic heterocycles. The third-order valence-corrected chi connectivity index (χ3v) is 7.02. The van der Waals surface area contributed by atoms with Crippen LogP contribution in [0.2, 0.25) is 0 Å². The van der Waals surface area contributed by atoms with Crippen LogP contribution in [0.1, 0.15) is 38.8 Å². The van der Waals surface area contributed by atoms with Gasteiger partial charge in [-0.2, -0.15) is 0 Å². The van der Waals surface area contributed by atoms with Crippen LogP contribution in [0.3, 0.4) is 0 Å². The van der Waals surface area contributed by atoms with E-state index < -0.39 is 0 Å². The van der Waals surface area contributed by atoms with Crippen molar-refractivity contribution in [3.63, 3.8) is 0 Å². The molecule has 0 saturated carbocycles. The standard InChI is InChI=1S/C27H34N6.3ClH.3H2O/c1-18(2)23(28)17-33-14-11-21(12-15-33)30-27-31-24-9-5-7-20(26(24)32-27)16-25-22-8-4-3-6-19(22)10-13-29-25;;;;;;/h3-8,10,13,18,21,23H,9,11-12,14-17,28H2,1-2H3,(H,30,32);3*1H;3*1H2. The Morgan fingerprint density at radius 2 is 1.74 bits per heavy atom. The lowest BCUT2D eigenvalue weighted by Crippen LogP contribution is -2.45. The van der Waals surface area contributed by atoms with E-state index in [-0.39, 0.29) is 59.7 Å². The fourth-order valence-corrected chi connectivity index (χ4v) is 4.83. The molecule has 0 radical (unpaired) electrons. The van der Waals surface area contributed by atoms with Crippen molar-refractivity contribution in [1.82, 2.24) is 15.2 Å². The van der Waals surface area contributed by atoms with Crippen molar-refractivity contribution in [2.45, 2.75) is 51.6 Å². The van der Waals surface area contributed by atoms with Gasteiger partial charge in [-0.15, -0.1) is 37.2 Å². The number of aliphatic imine (C=N–C) groups is 2. The maximum absolute atomic E-state index is 6.27. The number of hydrogen-bond donors (Lipinski definition) is 2. The molecule has 1 aliphatic carbocycles. The Morgan fingerprint density at radius 1 is 1.05 bits per heavy atom. The second-order valence-electron chi connectivity index (χ2n) is 9.74. The summed E-state index contributed by atoms with van der Waals surface area (Å²) in [6.07, 6.45) is 10.1. The van der Waals surface area contributed by atoms with Crippen LogP contribution in [0.25, 0.3) is 10.8 Å². The van der Waals surface area contributed by atoms with Gasteiger partial charge < -0.3 is 32.4 Å². The van der Waals surface area contributed by atoms with Gasteiger partial charge in [-0.25, -0.2) is 9.98 Å². The van der Waals surface area contributed by atoms with Crippen molar-refractivity contribution < 1.29 is 16.4 Å². The summed E-state index contributed by atoms with van der Waals surface area (Å²) < 4.78 is 0. The summed E-state index contributed by atoms with van der Waals surface area (Å²) in [5.41, 5.74) is 10.8. The molecule has 1 fully saturated rings. The Labute approximate surface area is 249 Å². The van der Waals surface area contributed by atoms with Crippen LogP contribution in [0.4, 0.5) is 0 Å². The number of pyridine rings is 1. The number of nitrogens with two attached hydrogens (primary N) is 1. The SMILES string of the molecule is CC(C)C(N)CN1CCC(N=C2N=C3CC=CC(Cc4nccc5ccccc45)=C3N2)CC1.Cl.Cl.Cl.O.O.O. The van der Waals surface area contributed by atoms with E-state index in [2.05, 4.69) is 71.5 Å². The fourth-order valence-electron chi connectivity index (χ4n) is 4.83. The first-order chi connectivity index (χ1) is 16.1. The van der Waals surface area contributed by atoms with Crippen LogP contribution < -0.4 is 11.1 Å². The molecule has 1 atom stereocenters. The van der Waals surface area contributed by atoms with E-state index in [0.717, 1.165) is 68.4 Å². The number of nitrogens with one attached hydrogen (secondary N) is 1. The van der Waals surface area contributed by atoms with Crippen LogP contribution >= 0.6 is 37.2 Å². The highest BCUT2D eigenvalue weighted by molar-refractivity contribution is 6.16. The number of piperidine rings is 1. The molecule has 2 aromatic rings. The van der Waals surface area contributed by atoms with E-state index in [0.29, 0.717) is 12.0 Å². The third kappa shape index (κ3) is 9.23. The van der Waals surface area contributed by atoms with E-state index in [1.54, 1.807) is 0 Å². The summed E-state index contributed by atoms with van der Waals surface area (Å²) in [4.78, 5) is 17.0. The summed E-state index contributed by atoms with van der Waals surface area (Å²) in [5.74, 6) is 1.29. The molecule has 5 rings (SSSR count). The zero-order valence-corrected chi connectivity index (χ0v) is 24.8. The lowest BCUT2D eigenvalue weighted by Gasteiger charge is -2.33. The van der Waals surface area contributed by atoms with E-state index in [1.807, 2.05) is 6.20 Å². The van der Waals surface area contributed by atoms with Gasteiger partial charge in [0.2, 0.25) is 5.96 Å². The van der Waals surface area contributed by atoms with E-state index in [4.69, 9.17) is 15.7 Å². The van der Waals surface area contributed by atoms with Crippen LogP contribution in [0.15, 0.2) is 69.9 Å². The number of halogens is 3. The van der Waals surface area contributed by atoms with E-state index in [1.165, 1.54) is 16.3 Å². The van der Waals surface area contributed by atoms with Gasteiger partial charge in [0, 0.05) is 50.1 Å². The minimum Gasteiger partial charge on any atom is -0.412 e. The molecule has 2 aliphatic heterocycles. The molecule has 39 heavy (non-hydrogen) atoms. The second-order valence-corrected chi connectivity index (χ2v) is 9.74. The minimum atomic E-state index is 0. The number of aromatic nitrogens is 1. The lowest BCUT2D eigenvalue weighted by molar-refractivity contribution is 0.191. The molecule has 9 N–H and O–H groups in total. The number of rotatable bonds is 6. The molecule has 0 bridgehead atoms. The average Bonchev–Trinajstić information content (AvgIpc) is 3.24. The number of nitrogens with zero attached hydrogens (tertiary/aromatic N) is 4.